The molecule has 2 aromatic carbocycles. The van der Waals surface area contributed by atoms with Crippen LogP contribution in [0, 0.1) is 0 Å². The molecule has 1 N–H and O–H groups in total. The maximum atomic E-state index is 12.4. The number of benzene rings is 2. The van der Waals surface area contributed by atoms with Crippen LogP contribution in [0.5, 0.6) is 11.5 Å². The minimum atomic E-state index is -0.299. The molecule has 2 rings (SSSR count). The molecule has 2 aromatic rings. The van der Waals surface area contributed by atoms with Gasteiger partial charge in [-0.3, -0.25) is 4.79 Å². The van der Waals surface area contributed by atoms with Crippen molar-refractivity contribution in [1.82, 2.24) is 0 Å². The second kappa shape index (κ2) is 8.13. The molecule has 0 fully saturated rings. The van der Waals surface area contributed by atoms with Crippen molar-refractivity contribution in [2.45, 2.75) is 17.1 Å². The molecule has 4 nitrogen and oxygen atoms in total. The first-order chi connectivity index (χ1) is 11.0. The summed E-state index contributed by atoms with van der Waals surface area (Å²) in [5, 5.41) is 3.21. The highest BCUT2D eigenvalue weighted by atomic mass is 35.5. The first-order valence-electron chi connectivity index (χ1n) is 6.98. The van der Waals surface area contributed by atoms with Crippen molar-refractivity contribution in [2.24, 2.45) is 0 Å². The maximum absolute atomic E-state index is 12.4. The normalized spacial score (nSPS) is 11.7. The van der Waals surface area contributed by atoms with Gasteiger partial charge < -0.3 is 14.8 Å². The Bertz CT molecular complexity index is 671. The number of hydrogen-bond acceptors (Lipinski definition) is 4. The van der Waals surface area contributed by atoms with Crippen molar-refractivity contribution in [2.75, 3.05) is 19.5 Å². The Labute approximate surface area is 145 Å². The topological polar surface area (TPSA) is 47.6 Å². The van der Waals surface area contributed by atoms with Crippen LogP contribution in [0.1, 0.15) is 6.92 Å². The monoisotopic (exact) mass is 351 g/mol. The summed E-state index contributed by atoms with van der Waals surface area (Å²) in [5.74, 6) is 1.11. The molecule has 0 aliphatic heterocycles. The number of carbonyl (C=O) groups excluding carboxylic acids is 1. The van der Waals surface area contributed by atoms with Gasteiger partial charge in [0.2, 0.25) is 5.91 Å². The number of hydrogen-bond donors (Lipinski definition) is 1. The standard InChI is InChI=1S/C17H18ClNO3S/c1-11(23-16-7-5-4-6-15(16)18)17(20)19-12-8-13(21-2)10-14(9-12)22-3/h4-11H,1-3H3,(H,19,20). The Morgan fingerprint density at radius 1 is 1.13 bits per heavy atom. The van der Waals surface area contributed by atoms with Gasteiger partial charge in [-0.15, -0.1) is 11.8 Å². The van der Waals surface area contributed by atoms with Gasteiger partial charge in [0.1, 0.15) is 11.5 Å². The number of thioether (sulfide) groups is 1. The molecule has 1 unspecified atom stereocenters. The van der Waals surface area contributed by atoms with E-state index in [1.807, 2.05) is 25.1 Å². The second-order valence-electron chi connectivity index (χ2n) is 4.78. The highest BCUT2D eigenvalue weighted by molar-refractivity contribution is 8.00. The molecule has 0 aromatic heterocycles. The van der Waals surface area contributed by atoms with Crippen molar-refractivity contribution >= 4 is 35.0 Å². The van der Waals surface area contributed by atoms with E-state index in [1.54, 1.807) is 38.5 Å². The van der Waals surface area contributed by atoms with Gasteiger partial charge in [-0.25, -0.2) is 0 Å². The number of halogens is 1. The van der Waals surface area contributed by atoms with E-state index >= 15 is 0 Å². The molecule has 0 heterocycles. The lowest BCUT2D eigenvalue weighted by Gasteiger charge is -2.14. The molecule has 6 heteroatoms. The first kappa shape index (κ1) is 17.5. The molecule has 23 heavy (non-hydrogen) atoms. The third kappa shape index (κ3) is 4.81. The van der Waals surface area contributed by atoms with Gasteiger partial charge in [-0.05, 0) is 19.1 Å². The quantitative estimate of drug-likeness (QED) is 0.780. The summed E-state index contributed by atoms with van der Waals surface area (Å²) in [6.07, 6.45) is 0. The molecule has 122 valence electrons. The minimum Gasteiger partial charge on any atom is -0.497 e. The van der Waals surface area contributed by atoms with E-state index in [0.717, 1.165) is 4.90 Å². The van der Waals surface area contributed by atoms with Gasteiger partial charge in [0.05, 0.1) is 24.5 Å². The average Bonchev–Trinajstić information content (AvgIpc) is 2.56. The smallest absolute Gasteiger partial charge is 0.237 e. The SMILES string of the molecule is COc1cc(NC(=O)C(C)Sc2ccccc2Cl)cc(OC)c1. The van der Waals surface area contributed by atoms with Gasteiger partial charge in [-0.1, -0.05) is 23.7 Å². The molecular formula is C17H18ClNO3S. The first-order valence-corrected chi connectivity index (χ1v) is 8.24. The third-order valence-corrected chi connectivity index (χ3v) is 4.75. The number of ether oxygens (including phenoxy) is 2. The molecule has 1 atom stereocenters. The molecule has 0 saturated heterocycles. The van der Waals surface area contributed by atoms with Gasteiger partial charge in [0, 0.05) is 28.8 Å². The fourth-order valence-electron chi connectivity index (χ4n) is 1.91. The molecule has 0 bridgehead atoms. The Hall–Kier alpha value is -1.85. The predicted octanol–water partition coefficient (Wildman–Crippen LogP) is 4.48. The summed E-state index contributed by atoms with van der Waals surface area (Å²) >= 11 is 7.54. The van der Waals surface area contributed by atoms with E-state index in [1.165, 1.54) is 11.8 Å². The van der Waals surface area contributed by atoms with Crippen LogP contribution in [0.15, 0.2) is 47.4 Å². The van der Waals surface area contributed by atoms with E-state index in [9.17, 15) is 4.79 Å². The van der Waals surface area contributed by atoms with E-state index in [0.29, 0.717) is 22.2 Å². The molecule has 0 radical (unpaired) electrons. The lowest BCUT2D eigenvalue weighted by atomic mass is 10.2. The summed E-state index contributed by atoms with van der Waals surface area (Å²) < 4.78 is 10.4. The minimum absolute atomic E-state index is 0.120. The maximum Gasteiger partial charge on any atom is 0.237 e. The zero-order valence-corrected chi connectivity index (χ0v) is 14.7. The molecule has 0 spiro atoms. The van der Waals surface area contributed by atoms with Crippen LogP contribution in [0.4, 0.5) is 5.69 Å². The third-order valence-electron chi connectivity index (χ3n) is 3.13. The van der Waals surface area contributed by atoms with Gasteiger partial charge in [0.15, 0.2) is 0 Å². The van der Waals surface area contributed by atoms with Crippen LogP contribution in [0.25, 0.3) is 0 Å². The van der Waals surface area contributed by atoms with Crippen molar-refractivity contribution in [1.29, 1.82) is 0 Å². The zero-order valence-electron chi connectivity index (χ0n) is 13.1. The van der Waals surface area contributed by atoms with Crippen molar-refractivity contribution in [3.63, 3.8) is 0 Å². The summed E-state index contributed by atoms with van der Waals surface area (Å²) in [7, 11) is 3.13. The number of methoxy groups -OCH3 is 2. The van der Waals surface area contributed by atoms with Crippen molar-refractivity contribution < 1.29 is 14.3 Å². The summed E-state index contributed by atoms with van der Waals surface area (Å²) in [6, 6.07) is 12.7. The van der Waals surface area contributed by atoms with Crippen LogP contribution in [0.2, 0.25) is 5.02 Å². The summed E-state index contributed by atoms with van der Waals surface area (Å²) in [5.41, 5.74) is 0.623. The average molecular weight is 352 g/mol. The number of rotatable bonds is 6. The van der Waals surface area contributed by atoms with Crippen molar-refractivity contribution in [3.05, 3.63) is 47.5 Å². The Kier molecular flexibility index (Phi) is 6.19. The Morgan fingerprint density at radius 3 is 2.30 bits per heavy atom. The van der Waals surface area contributed by atoms with Gasteiger partial charge in [0.25, 0.3) is 0 Å². The Balaban J connectivity index is 2.08. The molecular weight excluding hydrogens is 334 g/mol. The summed E-state index contributed by atoms with van der Waals surface area (Å²) in [4.78, 5) is 13.2. The molecule has 0 aliphatic carbocycles. The number of anilines is 1. The molecule has 1 amide bonds. The van der Waals surface area contributed by atoms with Crippen LogP contribution in [0.3, 0.4) is 0 Å². The second-order valence-corrected chi connectivity index (χ2v) is 6.57. The van der Waals surface area contributed by atoms with Crippen LogP contribution < -0.4 is 14.8 Å². The van der Waals surface area contributed by atoms with E-state index < -0.39 is 0 Å². The van der Waals surface area contributed by atoms with E-state index in [4.69, 9.17) is 21.1 Å². The number of carbonyl (C=O) groups is 1. The molecule has 0 saturated carbocycles. The van der Waals surface area contributed by atoms with Crippen LogP contribution in [-0.4, -0.2) is 25.4 Å². The van der Waals surface area contributed by atoms with Crippen LogP contribution in [-0.2, 0) is 4.79 Å². The largest absolute Gasteiger partial charge is 0.497 e. The number of nitrogens with one attached hydrogen (secondary N) is 1. The lowest BCUT2D eigenvalue weighted by Crippen LogP contribution is -2.22. The van der Waals surface area contributed by atoms with Crippen molar-refractivity contribution in [3.8, 4) is 11.5 Å². The highest BCUT2D eigenvalue weighted by Crippen LogP contribution is 2.31. The number of amides is 1. The van der Waals surface area contributed by atoms with Gasteiger partial charge >= 0.3 is 0 Å². The van der Waals surface area contributed by atoms with Gasteiger partial charge in [-0.2, -0.15) is 0 Å². The van der Waals surface area contributed by atoms with Crippen LogP contribution >= 0.6 is 23.4 Å². The predicted molar refractivity (Wildman–Crippen MR) is 94.9 cm³/mol. The Morgan fingerprint density at radius 2 is 1.74 bits per heavy atom. The zero-order chi connectivity index (χ0) is 16.8. The highest BCUT2D eigenvalue weighted by Gasteiger charge is 2.16. The van der Waals surface area contributed by atoms with E-state index in [2.05, 4.69) is 5.32 Å². The fourth-order valence-corrected chi connectivity index (χ4v) is 3.06. The van der Waals surface area contributed by atoms with E-state index in [-0.39, 0.29) is 11.2 Å². The lowest BCUT2D eigenvalue weighted by molar-refractivity contribution is -0.115. The fraction of sp³-hybridized carbons (Fsp3) is 0.235. The summed E-state index contributed by atoms with van der Waals surface area (Å²) in [6.45, 7) is 1.83. The molecule has 0 aliphatic rings.